The molecule has 11 heavy (non-hydrogen) atoms. The van der Waals surface area contributed by atoms with Crippen molar-refractivity contribution in [3.8, 4) is 0 Å². The van der Waals surface area contributed by atoms with E-state index in [9.17, 15) is 0 Å². The van der Waals surface area contributed by atoms with Gasteiger partial charge in [0.1, 0.15) is 5.76 Å². The van der Waals surface area contributed by atoms with Crippen LogP contribution >= 0.6 is 0 Å². The van der Waals surface area contributed by atoms with Crippen molar-refractivity contribution in [2.45, 2.75) is 6.54 Å². The second-order valence-corrected chi connectivity index (χ2v) is 2.25. The van der Waals surface area contributed by atoms with Gasteiger partial charge in [0.05, 0.1) is 12.9 Å². The van der Waals surface area contributed by atoms with Gasteiger partial charge in [0.15, 0.2) is 6.26 Å². The lowest BCUT2D eigenvalue weighted by molar-refractivity contribution is 0.486. The fourth-order valence-corrected chi connectivity index (χ4v) is 0.916. The molecule has 0 aliphatic heterocycles. The molecule has 2 heterocycles. The van der Waals surface area contributed by atoms with E-state index in [4.69, 9.17) is 4.42 Å². The molecule has 0 saturated heterocycles. The molecular formula is C8H7N2O. The minimum absolute atomic E-state index is 0.726. The summed E-state index contributed by atoms with van der Waals surface area (Å²) in [6, 6.07) is 3.65. The zero-order valence-electron chi connectivity index (χ0n) is 5.90. The highest BCUT2D eigenvalue weighted by atomic mass is 16.3. The molecule has 3 heteroatoms. The average molecular weight is 147 g/mol. The van der Waals surface area contributed by atoms with Crippen LogP contribution in [0.15, 0.2) is 35.3 Å². The first-order valence-electron chi connectivity index (χ1n) is 3.35. The molecule has 0 amide bonds. The molecule has 0 aliphatic carbocycles. The maximum atomic E-state index is 5.03. The molecule has 0 aliphatic rings. The lowest BCUT2D eigenvalue weighted by atomic mass is 10.4. The number of rotatable bonds is 2. The molecule has 0 unspecified atom stereocenters. The van der Waals surface area contributed by atoms with Crippen LogP contribution in [-0.4, -0.2) is 9.55 Å². The number of aromatic nitrogens is 2. The van der Waals surface area contributed by atoms with Crippen LogP contribution in [-0.2, 0) is 6.54 Å². The molecule has 1 radical (unpaired) electrons. The molecular weight excluding hydrogens is 140 g/mol. The molecule has 2 aromatic rings. The van der Waals surface area contributed by atoms with Crippen LogP contribution in [0.4, 0.5) is 0 Å². The zero-order chi connectivity index (χ0) is 7.52. The summed E-state index contributed by atoms with van der Waals surface area (Å²) in [5.74, 6) is 0.892. The number of hydrogen-bond donors (Lipinski definition) is 0. The van der Waals surface area contributed by atoms with Gasteiger partial charge < -0.3 is 8.98 Å². The zero-order valence-corrected chi connectivity index (χ0v) is 5.90. The van der Waals surface area contributed by atoms with Gasteiger partial charge >= 0.3 is 0 Å². The Morgan fingerprint density at radius 1 is 1.64 bits per heavy atom. The second kappa shape index (κ2) is 2.62. The standard InChI is InChI=1S/C8H7N2O/c1-2-8(11-5-1)6-10-4-3-9-7-10/h1-4,7H,6H2. The summed E-state index contributed by atoms with van der Waals surface area (Å²) in [5.41, 5.74) is 0. The highest BCUT2D eigenvalue weighted by molar-refractivity contribution is 4.98. The van der Waals surface area contributed by atoms with Gasteiger partial charge in [-0.25, -0.2) is 4.98 Å². The summed E-state index contributed by atoms with van der Waals surface area (Å²) in [4.78, 5) is 3.91. The SMILES string of the molecule is [c]1ccc(Cn2ccnc2)o1. The Morgan fingerprint density at radius 2 is 2.64 bits per heavy atom. The van der Waals surface area contributed by atoms with Gasteiger partial charge in [-0.2, -0.15) is 0 Å². The molecule has 0 N–H and O–H groups in total. The van der Waals surface area contributed by atoms with Crippen molar-refractivity contribution in [2.24, 2.45) is 0 Å². The molecule has 0 aromatic carbocycles. The molecule has 0 bridgehead atoms. The summed E-state index contributed by atoms with van der Waals surface area (Å²) >= 11 is 0. The van der Waals surface area contributed by atoms with Gasteiger partial charge in [0.2, 0.25) is 0 Å². The average Bonchev–Trinajstić information content (AvgIpc) is 2.60. The monoisotopic (exact) mass is 147 g/mol. The van der Waals surface area contributed by atoms with Gasteiger partial charge in [-0.05, 0) is 12.1 Å². The molecule has 0 saturated carbocycles. The van der Waals surface area contributed by atoms with Crippen LogP contribution in [0.3, 0.4) is 0 Å². The predicted octanol–water partition coefficient (Wildman–Crippen LogP) is 1.32. The molecule has 3 nitrogen and oxygen atoms in total. The van der Waals surface area contributed by atoms with E-state index in [-0.39, 0.29) is 0 Å². The molecule has 0 fully saturated rings. The molecule has 2 aromatic heterocycles. The normalized spacial score (nSPS) is 10.2. The van der Waals surface area contributed by atoms with Crippen molar-refractivity contribution in [1.82, 2.24) is 9.55 Å². The van der Waals surface area contributed by atoms with Crippen LogP contribution in [0.25, 0.3) is 0 Å². The Balaban J connectivity index is 2.14. The largest absolute Gasteiger partial charge is 0.456 e. The lowest BCUT2D eigenvalue weighted by Crippen LogP contribution is -1.93. The van der Waals surface area contributed by atoms with E-state index in [0.29, 0.717) is 0 Å². The Bertz CT molecular complexity index is 264. The first kappa shape index (κ1) is 6.22. The lowest BCUT2D eigenvalue weighted by Gasteiger charge is -1.95. The van der Waals surface area contributed by atoms with Gasteiger partial charge in [-0.3, -0.25) is 0 Å². The highest BCUT2D eigenvalue weighted by Gasteiger charge is 1.95. The maximum absolute atomic E-state index is 5.03. The quantitative estimate of drug-likeness (QED) is 0.641. The van der Waals surface area contributed by atoms with Gasteiger partial charge in [0, 0.05) is 12.4 Å². The van der Waals surface area contributed by atoms with E-state index in [0.717, 1.165) is 12.3 Å². The topological polar surface area (TPSA) is 31.0 Å². The van der Waals surface area contributed by atoms with Crippen LogP contribution in [0, 0.1) is 6.26 Å². The first-order valence-corrected chi connectivity index (χ1v) is 3.35. The van der Waals surface area contributed by atoms with Crippen molar-refractivity contribution in [2.75, 3.05) is 0 Å². The number of nitrogens with zero attached hydrogens (tertiary/aromatic N) is 2. The Hall–Kier alpha value is -1.51. The van der Waals surface area contributed by atoms with E-state index in [1.54, 1.807) is 18.6 Å². The van der Waals surface area contributed by atoms with Crippen LogP contribution < -0.4 is 0 Å². The highest BCUT2D eigenvalue weighted by Crippen LogP contribution is 2.01. The fraction of sp³-hybridized carbons (Fsp3) is 0.125. The van der Waals surface area contributed by atoms with E-state index >= 15 is 0 Å². The van der Waals surface area contributed by atoms with Crippen molar-refractivity contribution >= 4 is 0 Å². The molecule has 0 spiro atoms. The third-order valence-corrected chi connectivity index (χ3v) is 1.42. The van der Waals surface area contributed by atoms with Crippen molar-refractivity contribution < 1.29 is 4.42 Å². The van der Waals surface area contributed by atoms with Crippen molar-refractivity contribution in [3.05, 3.63) is 42.9 Å². The van der Waals surface area contributed by atoms with E-state index in [1.807, 2.05) is 16.8 Å². The summed E-state index contributed by atoms with van der Waals surface area (Å²) in [6.07, 6.45) is 8.02. The molecule has 55 valence electrons. The van der Waals surface area contributed by atoms with E-state index in [2.05, 4.69) is 11.2 Å². The minimum Gasteiger partial charge on any atom is -0.456 e. The number of furan rings is 1. The first-order chi connectivity index (χ1) is 5.45. The maximum Gasteiger partial charge on any atom is 0.169 e. The number of imidazole rings is 1. The molecule has 0 atom stereocenters. The van der Waals surface area contributed by atoms with Crippen molar-refractivity contribution in [1.29, 1.82) is 0 Å². The van der Waals surface area contributed by atoms with E-state index < -0.39 is 0 Å². The predicted molar refractivity (Wildman–Crippen MR) is 38.9 cm³/mol. The Labute approximate surface area is 64.3 Å². The molecule has 2 rings (SSSR count). The van der Waals surface area contributed by atoms with Crippen molar-refractivity contribution in [3.63, 3.8) is 0 Å². The van der Waals surface area contributed by atoms with Crippen LogP contribution in [0.2, 0.25) is 0 Å². The Kier molecular flexibility index (Phi) is 1.48. The van der Waals surface area contributed by atoms with Gasteiger partial charge in [0.25, 0.3) is 0 Å². The summed E-state index contributed by atoms with van der Waals surface area (Å²) in [6.45, 7) is 0.726. The summed E-state index contributed by atoms with van der Waals surface area (Å²) in [5, 5.41) is 0. The van der Waals surface area contributed by atoms with Crippen LogP contribution in [0.5, 0.6) is 0 Å². The second-order valence-electron chi connectivity index (χ2n) is 2.25. The summed E-state index contributed by atoms with van der Waals surface area (Å²) < 4.78 is 6.97. The minimum atomic E-state index is 0.726. The van der Waals surface area contributed by atoms with Crippen LogP contribution in [0.1, 0.15) is 5.76 Å². The fourth-order valence-electron chi connectivity index (χ4n) is 0.916. The Morgan fingerprint density at radius 3 is 3.27 bits per heavy atom. The van der Waals surface area contributed by atoms with Gasteiger partial charge in [-0.1, -0.05) is 0 Å². The summed E-state index contributed by atoms with van der Waals surface area (Å²) in [7, 11) is 0. The van der Waals surface area contributed by atoms with Gasteiger partial charge in [-0.15, -0.1) is 0 Å². The van der Waals surface area contributed by atoms with E-state index in [1.165, 1.54) is 0 Å². The smallest absolute Gasteiger partial charge is 0.169 e. The third kappa shape index (κ3) is 1.32. The number of hydrogen-bond acceptors (Lipinski definition) is 2. The third-order valence-electron chi connectivity index (χ3n) is 1.42.